The fraction of sp³-hybridized carbons (Fsp3) is 0.360. The standard InChI is InChI=1S/C25H30N2O2S2/c1-3-4-15-30-16-7-14-26-24(28)18-27-21-8-5-6-9-22(21)31-23(25(27)29)17-20-12-10-19(2)11-13-20/h5-6,8-13,17H,3-4,7,14-16,18H2,1-2H3,(H,26,28). The molecule has 0 unspecified atom stereocenters. The van der Waals surface area contributed by atoms with Gasteiger partial charge in [-0.3, -0.25) is 14.5 Å². The molecule has 1 aliphatic heterocycles. The topological polar surface area (TPSA) is 49.4 Å². The second-order valence-corrected chi connectivity index (χ2v) is 9.86. The van der Waals surface area contributed by atoms with Crippen molar-refractivity contribution in [2.24, 2.45) is 0 Å². The summed E-state index contributed by atoms with van der Waals surface area (Å²) in [5.41, 5.74) is 2.95. The van der Waals surface area contributed by atoms with Gasteiger partial charge in [-0.1, -0.05) is 67.1 Å². The quantitative estimate of drug-likeness (QED) is 0.380. The van der Waals surface area contributed by atoms with Crippen molar-refractivity contribution in [3.63, 3.8) is 0 Å². The number of nitrogens with one attached hydrogen (secondary N) is 1. The fourth-order valence-electron chi connectivity index (χ4n) is 3.18. The van der Waals surface area contributed by atoms with E-state index < -0.39 is 0 Å². The third kappa shape index (κ3) is 6.91. The minimum atomic E-state index is -0.130. The van der Waals surface area contributed by atoms with Crippen LogP contribution in [0.5, 0.6) is 0 Å². The molecule has 2 aromatic carbocycles. The van der Waals surface area contributed by atoms with Crippen molar-refractivity contribution in [1.82, 2.24) is 5.32 Å². The molecular weight excluding hydrogens is 424 g/mol. The van der Waals surface area contributed by atoms with Crippen LogP contribution in [0.2, 0.25) is 0 Å². The van der Waals surface area contributed by atoms with Gasteiger partial charge in [-0.05, 0) is 55.0 Å². The van der Waals surface area contributed by atoms with Crippen LogP contribution in [0.1, 0.15) is 37.3 Å². The van der Waals surface area contributed by atoms with Gasteiger partial charge in [-0.15, -0.1) is 0 Å². The van der Waals surface area contributed by atoms with Crippen molar-refractivity contribution in [3.8, 4) is 0 Å². The van der Waals surface area contributed by atoms with Gasteiger partial charge in [0.15, 0.2) is 0 Å². The number of hydrogen-bond acceptors (Lipinski definition) is 4. The van der Waals surface area contributed by atoms with Gasteiger partial charge in [0.05, 0.1) is 10.6 Å². The number of nitrogens with zero attached hydrogens (tertiary/aromatic N) is 1. The number of aryl methyl sites for hydroxylation is 1. The van der Waals surface area contributed by atoms with Gasteiger partial charge in [0.25, 0.3) is 5.91 Å². The molecule has 2 amide bonds. The fourth-order valence-corrected chi connectivity index (χ4v) is 5.29. The van der Waals surface area contributed by atoms with Crippen molar-refractivity contribution in [2.45, 2.75) is 38.0 Å². The monoisotopic (exact) mass is 454 g/mol. The van der Waals surface area contributed by atoms with E-state index in [0.29, 0.717) is 11.4 Å². The number of para-hydroxylation sites is 1. The molecule has 0 aliphatic carbocycles. The zero-order valence-corrected chi connectivity index (χ0v) is 19.9. The molecule has 0 aromatic heterocycles. The lowest BCUT2D eigenvalue weighted by Gasteiger charge is -2.29. The Morgan fingerprint density at radius 3 is 2.61 bits per heavy atom. The zero-order chi connectivity index (χ0) is 22.1. The van der Waals surface area contributed by atoms with Crippen molar-refractivity contribution in [2.75, 3.05) is 29.5 Å². The summed E-state index contributed by atoms with van der Waals surface area (Å²) < 4.78 is 0. The molecule has 0 saturated heterocycles. The summed E-state index contributed by atoms with van der Waals surface area (Å²) in [4.78, 5) is 29.0. The molecule has 0 fully saturated rings. The highest BCUT2D eigenvalue weighted by Gasteiger charge is 2.30. The van der Waals surface area contributed by atoms with Gasteiger partial charge in [0.2, 0.25) is 5.91 Å². The highest BCUT2D eigenvalue weighted by molar-refractivity contribution is 8.04. The lowest BCUT2D eigenvalue weighted by molar-refractivity contribution is -0.122. The second-order valence-electron chi connectivity index (χ2n) is 7.55. The molecule has 2 aromatic rings. The Balaban J connectivity index is 1.65. The predicted octanol–water partition coefficient (Wildman–Crippen LogP) is 5.51. The van der Waals surface area contributed by atoms with Crippen LogP contribution in [0, 0.1) is 6.92 Å². The largest absolute Gasteiger partial charge is 0.355 e. The number of benzene rings is 2. The van der Waals surface area contributed by atoms with E-state index in [0.717, 1.165) is 28.3 Å². The van der Waals surface area contributed by atoms with E-state index in [-0.39, 0.29) is 18.4 Å². The van der Waals surface area contributed by atoms with Crippen LogP contribution in [-0.4, -0.2) is 36.4 Å². The Bertz CT molecular complexity index is 925. The normalized spacial score (nSPS) is 14.6. The number of thioether (sulfide) groups is 2. The van der Waals surface area contributed by atoms with Gasteiger partial charge in [0.1, 0.15) is 6.54 Å². The Labute approximate surface area is 193 Å². The number of unbranched alkanes of at least 4 members (excludes halogenated alkanes) is 1. The van der Waals surface area contributed by atoms with Crippen LogP contribution < -0.4 is 10.2 Å². The smallest absolute Gasteiger partial charge is 0.265 e. The third-order valence-corrected chi connectivity index (χ3v) is 7.17. The number of carbonyl (C=O) groups excluding carboxylic acids is 2. The second kappa shape index (κ2) is 12.0. The van der Waals surface area contributed by atoms with Crippen molar-refractivity contribution in [1.29, 1.82) is 0 Å². The van der Waals surface area contributed by atoms with Gasteiger partial charge in [-0.2, -0.15) is 11.8 Å². The number of fused-ring (bicyclic) bond motifs is 1. The number of carbonyl (C=O) groups is 2. The third-order valence-electron chi connectivity index (χ3n) is 4.94. The molecule has 0 radical (unpaired) electrons. The first-order valence-electron chi connectivity index (χ1n) is 10.8. The molecule has 4 nitrogen and oxygen atoms in total. The van der Waals surface area contributed by atoms with E-state index in [2.05, 4.69) is 12.2 Å². The highest BCUT2D eigenvalue weighted by Crippen LogP contribution is 2.41. The summed E-state index contributed by atoms with van der Waals surface area (Å²) in [6.07, 6.45) is 5.30. The summed E-state index contributed by atoms with van der Waals surface area (Å²) in [7, 11) is 0. The molecule has 0 atom stereocenters. The molecule has 1 aliphatic rings. The molecule has 1 heterocycles. The van der Waals surface area contributed by atoms with Gasteiger partial charge in [0, 0.05) is 11.4 Å². The molecule has 6 heteroatoms. The van der Waals surface area contributed by atoms with E-state index in [1.807, 2.05) is 73.3 Å². The average molecular weight is 455 g/mol. The highest BCUT2D eigenvalue weighted by atomic mass is 32.2. The molecule has 0 saturated carbocycles. The van der Waals surface area contributed by atoms with E-state index in [9.17, 15) is 9.59 Å². The van der Waals surface area contributed by atoms with E-state index in [1.54, 1.807) is 4.90 Å². The number of hydrogen-bond donors (Lipinski definition) is 1. The van der Waals surface area contributed by atoms with Crippen LogP contribution in [-0.2, 0) is 9.59 Å². The number of amides is 2. The molecule has 31 heavy (non-hydrogen) atoms. The summed E-state index contributed by atoms with van der Waals surface area (Å²) in [6, 6.07) is 15.8. The van der Waals surface area contributed by atoms with Gasteiger partial charge in [-0.25, -0.2) is 0 Å². The maximum Gasteiger partial charge on any atom is 0.265 e. The van der Waals surface area contributed by atoms with Crippen LogP contribution in [0.15, 0.2) is 58.3 Å². The summed E-state index contributed by atoms with van der Waals surface area (Å²) >= 11 is 3.39. The maximum atomic E-state index is 13.2. The lowest BCUT2D eigenvalue weighted by atomic mass is 10.1. The average Bonchev–Trinajstić information content (AvgIpc) is 2.77. The van der Waals surface area contributed by atoms with Crippen LogP contribution in [0.3, 0.4) is 0 Å². The number of rotatable bonds is 10. The minimum absolute atomic E-state index is 0.0324. The van der Waals surface area contributed by atoms with Crippen molar-refractivity contribution >= 4 is 47.1 Å². The molecule has 164 valence electrons. The van der Waals surface area contributed by atoms with E-state index >= 15 is 0 Å². The molecular formula is C25H30N2O2S2. The van der Waals surface area contributed by atoms with Gasteiger partial charge < -0.3 is 5.32 Å². The minimum Gasteiger partial charge on any atom is -0.355 e. The first-order valence-corrected chi connectivity index (χ1v) is 12.8. The van der Waals surface area contributed by atoms with E-state index in [4.69, 9.17) is 0 Å². The Morgan fingerprint density at radius 2 is 1.84 bits per heavy atom. The first kappa shape index (κ1) is 23.5. The van der Waals surface area contributed by atoms with E-state index in [1.165, 1.54) is 35.9 Å². The molecule has 0 bridgehead atoms. The molecule has 1 N–H and O–H groups in total. The van der Waals surface area contributed by atoms with Crippen LogP contribution in [0.25, 0.3) is 6.08 Å². The van der Waals surface area contributed by atoms with Crippen LogP contribution in [0.4, 0.5) is 5.69 Å². The zero-order valence-electron chi connectivity index (χ0n) is 18.2. The molecule has 3 rings (SSSR count). The SMILES string of the molecule is CCCCSCCCNC(=O)CN1C(=O)C(=Cc2ccc(C)cc2)Sc2ccccc21. The number of anilines is 1. The van der Waals surface area contributed by atoms with Crippen molar-refractivity contribution < 1.29 is 9.59 Å². The maximum absolute atomic E-state index is 13.2. The summed E-state index contributed by atoms with van der Waals surface area (Å²) in [5, 5.41) is 2.97. The lowest BCUT2D eigenvalue weighted by Crippen LogP contribution is -2.43. The van der Waals surface area contributed by atoms with Crippen molar-refractivity contribution in [3.05, 3.63) is 64.6 Å². The summed E-state index contributed by atoms with van der Waals surface area (Å²) in [5.74, 6) is 1.97. The Hall–Kier alpha value is -2.18. The Kier molecular flexibility index (Phi) is 9.10. The Morgan fingerprint density at radius 1 is 1.10 bits per heavy atom. The first-order chi connectivity index (χ1) is 15.1. The molecule has 0 spiro atoms. The predicted molar refractivity (Wildman–Crippen MR) is 134 cm³/mol. The van der Waals surface area contributed by atoms with Gasteiger partial charge >= 0.3 is 0 Å². The summed E-state index contributed by atoms with van der Waals surface area (Å²) in [6.45, 7) is 4.91. The van der Waals surface area contributed by atoms with Crippen LogP contribution >= 0.6 is 23.5 Å².